The molecule has 3 heteroatoms. The van der Waals surface area contributed by atoms with Crippen molar-refractivity contribution < 1.29 is 0 Å². The molecule has 120 valence electrons. The fraction of sp³-hybridized carbons (Fsp3) is 0.136. The molecule has 0 N–H and O–H groups in total. The third kappa shape index (κ3) is 2.68. The Balaban J connectivity index is 1.65. The van der Waals surface area contributed by atoms with E-state index in [2.05, 4.69) is 52.4 Å². The van der Waals surface area contributed by atoms with Crippen molar-refractivity contribution in [2.75, 3.05) is 0 Å². The van der Waals surface area contributed by atoms with Gasteiger partial charge in [0.05, 0.1) is 11.4 Å². The highest BCUT2D eigenvalue weighted by molar-refractivity contribution is 5.83. The maximum Gasteiger partial charge on any atom is 0.159 e. The normalized spacial score (nSPS) is 13.9. The van der Waals surface area contributed by atoms with E-state index in [-0.39, 0.29) is 0 Å². The zero-order valence-corrected chi connectivity index (χ0v) is 13.8. The van der Waals surface area contributed by atoms with Gasteiger partial charge in [0.1, 0.15) is 0 Å². The van der Waals surface area contributed by atoms with Crippen molar-refractivity contribution in [3.63, 3.8) is 0 Å². The molecule has 1 aliphatic carbocycles. The Hall–Kier alpha value is -3.07. The summed E-state index contributed by atoms with van der Waals surface area (Å²) < 4.78 is 0. The molecule has 1 aromatic carbocycles. The van der Waals surface area contributed by atoms with E-state index in [0.29, 0.717) is 0 Å². The maximum absolute atomic E-state index is 4.75. The van der Waals surface area contributed by atoms with E-state index in [1.54, 1.807) is 6.20 Å². The Bertz CT molecular complexity index is 1070. The van der Waals surface area contributed by atoms with Crippen LogP contribution in [0, 0.1) is 0 Å². The summed E-state index contributed by atoms with van der Waals surface area (Å²) >= 11 is 0. The van der Waals surface area contributed by atoms with Crippen LogP contribution < -0.4 is 0 Å². The predicted molar refractivity (Wildman–Crippen MR) is 100 cm³/mol. The number of hydrogen-bond donors (Lipinski definition) is 0. The molecule has 0 spiro atoms. The van der Waals surface area contributed by atoms with Crippen LogP contribution >= 0.6 is 0 Å². The van der Waals surface area contributed by atoms with Gasteiger partial charge in [-0.05, 0) is 66.8 Å². The summed E-state index contributed by atoms with van der Waals surface area (Å²) in [7, 11) is 0. The van der Waals surface area contributed by atoms with Gasteiger partial charge in [-0.1, -0.05) is 18.2 Å². The number of nitrogens with zero attached hydrogens (tertiary/aromatic N) is 3. The molecular formula is C22H17N3. The number of fused-ring (bicyclic) bond motifs is 1. The lowest BCUT2D eigenvalue weighted by atomic mass is 9.99. The molecule has 0 saturated heterocycles. The Morgan fingerprint density at radius 1 is 0.800 bits per heavy atom. The van der Waals surface area contributed by atoms with E-state index in [4.69, 9.17) is 4.98 Å². The average Bonchev–Trinajstić information content (AvgIpc) is 3.53. The van der Waals surface area contributed by atoms with E-state index in [0.717, 1.165) is 39.5 Å². The lowest BCUT2D eigenvalue weighted by Gasteiger charge is -2.10. The topological polar surface area (TPSA) is 38.7 Å². The Labute approximate surface area is 146 Å². The molecule has 0 radical (unpaired) electrons. The molecule has 25 heavy (non-hydrogen) atoms. The van der Waals surface area contributed by atoms with Crippen molar-refractivity contribution in [1.29, 1.82) is 0 Å². The largest absolute Gasteiger partial charge is 0.256 e. The van der Waals surface area contributed by atoms with Gasteiger partial charge in [-0.2, -0.15) is 0 Å². The van der Waals surface area contributed by atoms with E-state index in [9.17, 15) is 0 Å². The highest BCUT2D eigenvalue weighted by atomic mass is 14.8. The van der Waals surface area contributed by atoms with Crippen LogP contribution in [-0.2, 0) is 0 Å². The second kappa shape index (κ2) is 5.78. The summed E-state index contributed by atoms with van der Waals surface area (Å²) in [5.41, 5.74) is 6.27. The minimum absolute atomic E-state index is 0.732. The van der Waals surface area contributed by atoms with E-state index in [1.165, 1.54) is 18.4 Å². The minimum atomic E-state index is 0.732. The van der Waals surface area contributed by atoms with Crippen LogP contribution in [0.5, 0.6) is 0 Å². The van der Waals surface area contributed by atoms with Crippen molar-refractivity contribution in [2.45, 2.75) is 18.8 Å². The third-order valence-corrected chi connectivity index (χ3v) is 4.76. The van der Waals surface area contributed by atoms with E-state index in [1.807, 2.05) is 24.4 Å². The fourth-order valence-electron chi connectivity index (χ4n) is 3.30. The minimum Gasteiger partial charge on any atom is -0.256 e. The lowest BCUT2D eigenvalue weighted by molar-refractivity contribution is 1.13. The van der Waals surface area contributed by atoms with Gasteiger partial charge in [0.2, 0.25) is 0 Å². The van der Waals surface area contributed by atoms with Gasteiger partial charge >= 0.3 is 0 Å². The Kier molecular flexibility index (Phi) is 3.30. The molecule has 1 aliphatic rings. The lowest BCUT2D eigenvalue weighted by Crippen LogP contribution is -1.93. The SMILES string of the molecule is c1cc(-c2ncccc2-c2ccc3cccnc3n2)cc(C2CC2)c1. The van der Waals surface area contributed by atoms with Gasteiger partial charge in [0.15, 0.2) is 5.65 Å². The number of pyridine rings is 3. The van der Waals surface area contributed by atoms with Crippen LogP contribution in [0.3, 0.4) is 0 Å². The van der Waals surface area contributed by atoms with Crippen molar-refractivity contribution in [1.82, 2.24) is 15.0 Å². The summed E-state index contributed by atoms with van der Waals surface area (Å²) in [6, 6.07) is 20.9. The monoisotopic (exact) mass is 323 g/mol. The molecule has 4 aromatic rings. The smallest absolute Gasteiger partial charge is 0.159 e. The first-order valence-electron chi connectivity index (χ1n) is 8.66. The van der Waals surface area contributed by atoms with E-state index >= 15 is 0 Å². The molecule has 3 aromatic heterocycles. The van der Waals surface area contributed by atoms with Gasteiger partial charge in [-0.3, -0.25) is 4.98 Å². The van der Waals surface area contributed by atoms with Gasteiger partial charge in [0, 0.05) is 28.9 Å². The molecule has 1 fully saturated rings. The molecule has 5 rings (SSSR count). The third-order valence-electron chi connectivity index (χ3n) is 4.76. The first-order valence-corrected chi connectivity index (χ1v) is 8.66. The van der Waals surface area contributed by atoms with Gasteiger partial charge in [-0.15, -0.1) is 0 Å². The van der Waals surface area contributed by atoms with Crippen molar-refractivity contribution in [3.8, 4) is 22.5 Å². The van der Waals surface area contributed by atoms with Crippen molar-refractivity contribution >= 4 is 11.0 Å². The summed E-state index contributed by atoms with van der Waals surface area (Å²) in [5.74, 6) is 0.732. The quantitative estimate of drug-likeness (QED) is 0.518. The molecule has 0 atom stereocenters. The molecule has 3 nitrogen and oxygen atoms in total. The van der Waals surface area contributed by atoms with Crippen LogP contribution in [0.25, 0.3) is 33.5 Å². The van der Waals surface area contributed by atoms with Gasteiger partial charge < -0.3 is 0 Å². The van der Waals surface area contributed by atoms with Crippen molar-refractivity contribution in [3.05, 3.63) is 78.6 Å². The number of benzene rings is 1. The summed E-state index contributed by atoms with van der Waals surface area (Å²) in [6.07, 6.45) is 6.23. The van der Waals surface area contributed by atoms with Gasteiger partial charge in [0.25, 0.3) is 0 Å². The summed E-state index contributed by atoms with van der Waals surface area (Å²) in [6.45, 7) is 0. The summed E-state index contributed by atoms with van der Waals surface area (Å²) in [5, 5.41) is 1.05. The van der Waals surface area contributed by atoms with Gasteiger partial charge in [-0.25, -0.2) is 9.97 Å². The number of aromatic nitrogens is 3. The Morgan fingerprint density at radius 3 is 2.60 bits per heavy atom. The predicted octanol–water partition coefficient (Wildman–Crippen LogP) is 5.24. The zero-order chi connectivity index (χ0) is 16.6. The average molecular weight is 323 g/mol. The first kappa shape index (κ1) is 14.3. The van der Waals surface area contributed by atoms with Crippen LogP contribution in [-0.4, -0.2) is 15.0 Å². The second-order valence-electron chi connectivity index (χ2n) is 6.55. The molecular weight excluding hydrogens is 306 g/mol. The van der Waals surface area contributed by atoms with Crippen molar-refractivity contribution in [2.24, 2.45) is 0 Å². The Morgan fingerprint density at radius 2 is 1.68 bits per heavy atom. The molecule has 1 saturated carbocycles. The zero-order valence-electron chi connectivity index (χ0n) is 13.8. The molecule has 0 amide bonds. The molecule has 0 aliphatic heterocycles. The van der Waals surface area contributed by atoms with Crippen LogP contribution in [0.4, 0.5) is 0 Å². The maximum atomic E-state index is 4.75. The first-order chi connectivity index (χ1) is 12.4. The van der Waals surface area contributed by atoms with Crippen LogP contribution in [0.15, 0.2) is 73.1 Å². The fourth-order valence-corrected chi connectivity index (χ4v) is 3.30. The molecule has 0 bridgehead atoms. The highest BCUT2D eigenvalue weighted by Gasteiger charge is 2.23. The highest BCUT2D eigenvalue weighted by Crippen LogP contribution is 2.41. The molecule has 3 heterocycles. The number of hydrogen-bond acceptors (Lipinski definition) is 3. The molecule has 0 unspecified atom stereocenters. The van der Waals surface area contributed by atoms with Crippen LogP contribution in [0.2, 0.25) is 0 Å². The van der Waals surface area contributed by atoms with Crippen LogP contribution in [0.1, 0.15) is 24.3 Å². The van der Waals surface area contributed by atoms with E-state index < -0.39 is 0 Å². The number of rotatable bonds is 3. The summed E-state index contributed by atoms with van der Waals surface area (Å²) in [4.78, 5) is 13.8. The standard InChI is InChI=1S/C22H17N3/c1-4-17(15-8-9-15)14-18(5-1)21-19(7-3-12-23-21)20-11-10-16-6-2-13-24-22(16)25-20/h1-7,10-15H,8-9H2. The second-order valence-corrected chi connectivity index (χ2v) is 6.55.